The Morgan fingerprint density at radius 3 is 2.32 bits per heavy atom. The normalized spacial score (nSPS) is 15.5. The molecule has 0 aliphatic carbocycles. The molecule has 8 nitrogen and oxygen atoms in total. The molecule has 1 N–H and O–H groups in total. The van der Waals surface area contributed by atoms with Crippen LogP contribution in [0.25, 0.3) is 0 Å². The van der Waals surface area contributed by atoms with Crippen LogP contribution >= 0.6 is 0 Å². The number of nitrogens with zero attached hydrogens (tertiary/aromatic N) is 2. The molecule has 31 heavy (non-hydrogen) atoms. The zero-order valence-corrected chi connectivity index (χ0v) is 19.5. The number of hydrogen-bond acceptors (Lipinski definition) is 5. The summed E-state index contributed by atoms with van der Waals surface area (Å²) in [7, 11) is -5.68. The molecule has 1 aliphatic rings. The van der Waals surface area contributed by atoms with E-state index < -0.39 is 26.0 Å². The van der Waals surface area contributed by atoms with E-state index in [0.717, 1.165) is 29.8 Å². The van der Waals surface area contributed by atoms with Crippen LogP contribution in [0.1, 0.15) is 35.2 Å². The van der Waals surface area contributed by atoms with E-state index in [1.165, 1.54) is 23.5 Å². The van der Waals surface area contributed by atoms with Crippen LogP contribution in [0.4, 0.5) is 11.4 Å². The van der Waals surface area contributed by atoms with Crippen molar-refractivity contribution in [3.05, 3.63) is 53.6 Å². The van der Waals surface area contributed by atoms with Crippen molar-refractivity contribution in [1.82, 2.24) is 4.31 Å². The molecule has 0 aromatic heterocycles. The molecule has 0 atom stereocenters. The van der Waals surface area contributed by atoms with Crippen LogP contribution in [-0.4, -0.2) is 53.4 Å². The first-order chi connectivity index (χ1) is 14.5. The highest BCUT2D eigenvalue weighted by Gasteiger charge is 2.27. The summed E-state index contributed by atoms with van der Waals surface area (Å²) in [5, 5.41) is 2.74. The van der Waals surface area contributed by atoms with E-state index in [1.54, 1.807) is 37.3 Å². The molecule has 1 amide bonds. The number of benzene rings is 2. The molecule has 0 unspecified atom stereocenters. The second-order valence-corrected chi connectivity index (χ2v) is 11.6. The molecule has 0 spiro atoms. The maximum Gasteiger partial charge on any atom is 0.255 e. The largest absolute Gasteiger partial charge is 0.322 e. The summed E-state index contributed by atoms with van der Waals surface area (Å²) in [5.41, 5.74) is 1.69. The standard InChI is InChI=1S/C21H27N3O5S2/c1-16-10-11-19(31(28,29)24-12-5-4-6-13-24)15-20(16)21(25)22-17-8-7-9-18(14-17)23(2)30(3,26)27/h7-11,14-15H,4-6,12-13H2,1-3H3,(H,22,25). The number of carbonyl (C=O) groups excluding carboxylic acids is 1. The van der Waals surface area contributed by atoms with Crippen LogP contribution < -0.4 is 9.62 Å². The molecule has 0 saturated carbocycles. The van der Waals surface area contributed by atoms with Gasteiger partial charge >= 0.3 is 0 Å². The van der Waals surface area contributed by atoms with Gasteiger partial charge in [0.2, 0.25) is 20.0 Å². The summed E-state index contributed by atoms with van der Waals surface area (Å²) in [6.07, 6.45) is 3.77. The molecule has 168 valence electrons. The first-order valence-electron chi connectivity index (χ1n) is 9.96. The number of piperidine rings is 1. The number of anilines is 2. The van der Waals surface area contributed by atoms with E-state index in [1.807, 2.05) is 0 Å². The maximum absolute atomic E-state index is 13.0. The van der Waals surface area contributed by atoms with Crippen LogP contribution in [0.2, 0.25) is 0 Å². The molecule has 1 heterocycles. The van der Waals surface area contributed by atoms with Gasteiger partial charge in [0.05, 0.1) is 16.8 Å². The van der Waals surface area contributed by atoms with Crippen molar-refractivity contribution in [2.75, 3.05) is 36.0 Å². The van der Waals surface area contributed by atoms with Gasteiger partial charge in [-0.1, -0.05) is 18.6 Å². The summed E-state index contributed by atoms with van der Waals surface area (Å²) in [5.74, 6) is -0.465. The third kappa shape index (κ3) is 5.25. The highest BCUT2D eigenvalue weighted by Crippen LogP contribution is 2.25. The average Bonchev–Trinajstić information content (AvgIpc) is 2.73. The Morgan fingerprint density at radius 2 is 1.68 bits per heavy atom. The molecule has 2 aromatic carbocycles. The number of sulfonamides is 2. The van der Waals surface area contributed by atoms with Crippen molar-refractivity contribution < 1.29 is 21.6 Å². The molecular weight excluding hydrogens is 438 g/mol. The van der Waals surface area contributed by atoms with Gasteiger partial charge in [-0.25, -0.2) is 16.8 Å². The summed E-state index contributed by atoms with van der Waals surface area (Å²) in [4.78, 5) is 13.0. The SMILES string of the molecule is Cc1ccc(S(=O)(=O)N2CCCCC2)cc1C(=O)Nc1cccc(N(C)S(C)(=O)=O)c1. The van der Waals surface area contributed by atoms with Gasteiger partial charge in [-0.3, -0.25) is 9.10 Å². The third-order valence-electron chi connectivity index (χ3n) is 5.37. The highest BCUT2D eigenvalue weighted by molar-refractivity contribution is 7.92. The van der Waals surface area contributed by atoms with Crippen LogP contribution in [0.15, 0.2) is 47.4 Å². The van der Waals surface area contributed by atoms with Crippen LogP contribution in [0.5, 0.6) is 0 Å². The highest BCUT2D eigenvalue weighted by atomic mass is 32.2. The van der Waals surface area contributed by atoms with Gasteiger partial charge in [-0.15, -0.1) is 0 Å². The van der Waals surface area contributed by atoms with Crippen LogP contribution in [0.3, 0.4) is 0 Å². The molecule has 2 aromatic rings. The van der Waals surface area contributed by atoms with E-state index in [9.17, 15) is 21.6 Å². The molecule has 10 heteroatoms. The number of aryl methyl sites for hydroxylation is 1. The van der Waals surface area contributed by atoms with E-state index in [0.29, 0.717) is 30.0 Å². The number of nitrogens with one attached hydrogen (secondary N) is 1. The summed E-state index contributed by atoms with van der Waals surface area (Å²) in [6, 6.07) is 11.0. The molecule has 1 saturated heterocycles. The molecular formula is C21H27N3O5S2. The zero-order chi connectivity index (χ0) is 22.8. The minimum atomic E-state index is -3.66. The number of hydrogen-bond donors (Lipinski definition) is 1. The second-order valence-electron chi connectivity index (χ2n) is 7.68. The average molecular weight is 466 g/mol. The molecule has 0 bridgehead atoms. The number of rotatable bonds is 6. The van der Waals surface area contributed by atoms with E-state index >= 15 is 0 Å². The van der Waals surface area contributed by atoms with Gasteiger partial charge < -0.3 is 5.32 Å². The lowest BCUT2D eigenvalue weighted by molar-refractivity contribution is 0.102. The fourth-order valence-corrected chi connectivity index (χ4v) is 5.47. The molecule has 1 aliphatic heterocycles. The smallest absolute Gasteiger partial charge is 0.255 e. The zero-order valence-electron chi connectivity index (χ0n) is 17.8. The quantitative estimate of drug-likeness (QED) is 0.707. The van der Waals surface area contributed by atoms with Gasteiger partial charge in [0.15, 0.2) is 0 Å². The lowest BCUT2D eigenvalue weighted by Gasteiger charge is -2.26. The first-order valence-corrected chi connectivity index (χ1v) is 13.2. The number of carbonyl (C=O) groups is 1. The fourth-order valence-electron chi connectivity index (χ4n) is 3.43. The summed E-state index contributed by atoms with van der Waals surface area (Å²) in [6.45, 7) is 2.71. The Balaban J connectivity index is 1.87. The molecule has 1 fully saturated rings. The Kier molecular flexibility index (Phi) is 6.73. The lowest BCUT2D eigenvalue weighted by Crippen LogP contribution is -2.35. The van der Waals surface area contributed by atoms with Crippen molar-refractivity contribution >= 4 is 37.3 Å². The predicted molar refractivity (Wildman–Crippen MR) is 121 cm³/mol. The van der Waals surface area contributed by atoms with Gasteiger partial charge in [-0.2, -0.15) is 4.31 Å². The Bertz CT molecular complexity index is 1190. The van der Waals surface area contributed by atoms with E-state index in [-0.39, 0.29) is 10.5 Å². The van der Waals surface area contributed by atoms with Gasteiger partial charge in [-0.05, 0) is 55.7 Å². The minimum absolute atomic E-state index is 0.0933. The molecule has 3 rings (SSSR count). The maximum atomic E-state index is 13.0. The van der Waals surface area contributed by atoms with Crippen molar-refractivity contribution in [2.45, 2.75) is 31.1 Å². The van der Waals surface area contributed by atoms with Gasteiger partial charge in [0.1, 0.15) is 0 Å². The summed E-state index contributed by atoms with van der Waals surface area (Å²) >= 11 is 0. The van der Waals surface area contributed by atoms with Gasteiger partial charge in [0.25, 0.3) is 5.91 Å². The minimum Gasteiger partial charge on any atom is -0.322 e. The fraction of sp³-hybridized carbons (Fsp3) is 0.381. The topological polar surface area (TPSA) is 104 Å². The van der Waals surface area contributed by atoms with E-state index in [4.69, 9.17) is 0 Å². The number of amides is 1. The second kappa shape index (κ2) is 8.97. The van der Waals surface area contributed by atoms with E-state index in [2.05, 4.69) is 5.32 Å². The monoisotopic (exact) mass is 465 g/mol. The van der Waals surface area contributed by atoms with Gasteiger partial charge in [0, 0.05) is 31.4 Å². The Hall–Kier alpha value is -2.43. The summed E-state index contributed by atoms with van der Waals surface area (Å²) < 4.78 is 52.1. The van der Waals surface area contributed by atoms with Crippen molar-refractivity contribution in [3.8, 4) is 0 Å². The Morgan fingerprint density at radius 1 is 1.00 bits per heavy atom. The van der Waals surface area contributed by atoms with Crippen molar-refractivity contribution in [1.29, 1.82) is 0 Å². The van der Waals surface area contributed by atoms with Crippen LogP contribution in [0, 0.1) is 6.92 Å². The van der Waals surface area contributed by atoms with Crippen molar-refractivity contribution in [2.24, 2.45) is 0 Å². The molecule has 0 radical (unpaired) electrons. The predicted octanol–water partition coefficient (Wildman–Crippen LogP) is 2.82. The lowest BCUT2D eigenvalue weighted by atomic mass is 10.1. The third-order valence-corrected chi connectivity index (χ3v) is 8.47. The van der Waals surface area contributed by atoms with Crippen molar-refractivity contribution in [3.63, 3.8) is 0 Å². The first kappa shape index (κ1) is 23.2. The van der Waals surface area contributed by atoms with Crippen LogP contribution in [-0.2, 0) is 20.0 Å². The Labute approximate surface area is 184 Å².